The molecule has 0 saturated carbocycles. The molecule has 2 aromatic heterocycles. The average molecular weight is 688 g/mol. The van der Waals surface area contributed by atoms with E-state index < -0.39 is 0 Å². The Labute approximate surface area is 311 Å². The van der Waals surface area contributed by atoms with E-state index in [9.17, 15) is 0 Å². The third kappa shape index (κ3) is 5.33. The van der Waals surface area contributed by atoms with Crippen molar-refractivity contribution in [2.24, 2.45) is 0 Å². The zero-order valence-corrected chi connectivity index (χ0v) is 29.0. The summed E-state index contributed by atoms with van der Waals surface area (Å²) in [5.74, 6) is 1.87. The van der Waals surface area contributed by atoms with Crippen molar-refractivity contribution in [1.29, 1.82) is 0 Å². The van der Waals surface area contributed by atoms with Gasteiger partial charge in [0.15, 0.2) is 23.2 Å². The molecule has 0 atom stereocenters. The van der Waals surface area contributed by atoms with Crippen molar-refractivity contribution in [3.8, 4) is 56.5 Å². The van der Waals surface area contributed by atoms with Crippen LogP contribution in [0.5, 0.6) is 0 Å². The first-order chi connectivity index (χ1) is 26.7. The molecule has 0 bridgehead atoms. The Balaban J connectivity index is 1.18. The maximum absolute atomic E-state index is 7.39. The Hall–Kier alpha value is -7.55. The van der Waals surface area contributed by atoms with E-state index in [2.05, 4.69) is 95.8 Å². The highest BCUT2D eigenvalue weighted by molar-refractivity contribution is 6.33. The summed E-state index contributed by atoms with van der Waals surface area (Å²) in [5.41, 5.74) is 8.45. The highest BCUT2D eigenvalue weighted by atomic mass is 15.0. The third-order valence-corrected chi connectivity index (χ3v) is 10.1. The number of fused-ring (bicyclic) bond motifs is 8. The quantitative estimate of drug-likeness (QED) is 0.133. The number of pyridine rings is 1. The molecule has 0 N–H and O–H groups in total. The Morgan fingerprint density at radius 3 is 1.44 bits per heavy atom. The molecule has 250 valence electrons. The van der Waals surface area contributed by atoms with Gasteiger partial charge in [0, 0.05) is 38.4 Å². The van der Waals surface area contributed by atoms with Crippen molar-refractivity contribution in [2.75, 3.05) is 0 Å². The predicted octanol–water partition coefficient (Wildman–Crippen LogP) is 12.8. The standard InChI is InChI=1S/C49H29N5/c1-50-37-27-24-31(25-28-37)36-26-29-40-42(30-36)38-16-8-9-17-39(38)44-41-18-10-11-19-43(41)51-46(45(40)44)32-20-22-35(23-21-32)49-53-47(33-12-4-2-5-13-33)52-48(54-49)34-14-6-3-7-15-34/h2-30H. The normalized spacial score (nSPS) is 11.3. The first-order valence-electron chi connectivity index (χ1n) is 17.8. The summed E-state index contributed by atoms with van der Waals surface area (Å²) < 4.78 is 0. The number of para-hydroxylation sites is 1. The van der Waals surface area contributed by atoms with Crippen molar-refractivity contribution < 1.29 is 0 Å². The number of benzene rings is 8. The van der Waals surface area contributed by atoms with Gasteiger partial charge in [0.05, 0.1) is 17.8 Å². The van der Waals surface area contributed by atoms with Crippen molar-refractivity contribution >= 4 is 48.9 Å². The fourth-order valence-corrected chi connectivity index (χ4v) is 7.51. The van der Waals surface area contributed by atoms with Crippen LogP contribution in [0.25, 0.3) is 105 Å². The molecule has 54 heavy (non-hydrogen) atoms. The van der Waals surface area contributed by atoms with E-state index in [1.807, 2.05) is 84.9 Å². The summed E-state index contributed by atoms with van der Waals surface area (Å²) in [6.07, 6.45) is 0. The van der Waals surface area contributed by atoms with E-state index in [0.717, 1.165) is 66.1 Å². The molecule has 0 unspecified atom stereocenters. The fourth-order valence-electron chi connectivity index (χ4n) is 7.51. The van der Waals surface area contributed by atoms with Crippen LogP contribution in [0.4, 0.5) is 5.69 Å². The molecule has 2 heterocycles. The van der Waals surface area contributed by atoms with Gasteiger partial charge in [-0.25, -0.2) is 24.8 Å². The van der Waals surface area contributed by atoms with Gasteiger partial charge in [0.2, 0.25) is 0 Å². The molecule has 5 nitrogen and oxygen atoms in total. The second-order valence-electron chi connectivity index (χ2n) is 13.3. The topological polar surface area (TPSA) is 55.9 Å². The molecule has 5 heteroatoms. The molecule has 0 saturated heterocycles. The van der Waals surface area contributed by atoms with Crippen molar-refractivity contribution in [3.05, 3.63) is 187 Å². The molecular formula is C49H29N5. The van der Waals surface area contributed by atoms with E-state index in [1.165, 1.54) is 16.2 Å². The zero-order chi connectivity index (χ0) is 36.0. The lowest BCUT2D eigenvalue weighted by atomic mass is 9.88. The maximum atomic E-state index is 7.39. The van der Waals surface area contributed by atoms with Crippen LogP contribution in [0.15, 0.2) is 176 Å². The molecular weight excluding hydrogens is 659 g/mol. The fraction of sp³-hybridized carbons (Fsp3) is 0. The van der Waals surface area contributed by atoms with Crippen molar-refractivity contribution in [2.45, 2.75) is 0 Å². The second-order valence-corrected chi connectivity index (χ2v) is 13.3. The molecule has 8 aromatic carbocycles. The third-order valence-electron chi connectivity index (χ3n) is 10.1. The van der Waals surface area contributed by atoms with Crippen molar-refractivity contribution in [1.82, 2.24) is 19.9 Å². The second kappa shape index (κ2) is 12.9. The summed E-state index contributed by atoms with van der Waals surface area (Å²) in [6, 6.07) is 60.1. The molecule has 10 rings (SSSR count). The van der Waals surface area contributed by atoms with Gasteiger partial charge < -0.3 is 0 Å². The summed E-state index contributed by atoms with van der Waals surface area (Å²) >= 11 is 0. The Morgan fingerprint density at radius 1 is 0.333 bits per heavy atom. The predicted molar refractivity (Wildman–Crippen MR) is 221 cm³/mol. The van der Waals surface area contributed by atoms with E-state index in [-0.39, 0.29) is 0 Å². The zero-order valence-electron chi connectivity index (χ0n) is 29.0. The average Bonchev–Trinajstić information content (AvgIpc) is 3.26. The first-order valence-corrected chi connectivity index (χ1v) is 17.8. The highest BCUT2D eigenvalue weighted by Gasteiger charge is 2.19. The van der Waals surface area contributed by atoms with Crippen LogP contribution in [-0.2, 0) is 0 Å². The monoisotopic (exact) mass is 687 g/mol. The summed E-state index contributed by atoms with van der Waals surface area (Å²) in [7, 11) is 0. The lowest BCUT2D eigenvalue weighted by Crippen LogP contribution is -2.00. The van der Waals surface area contributed by atoms with E-state index in [4.69, 9.17) is 26.5 Å². The van der Waals surface area contributed by atoms with Crippen LogP contribution in [0.1, 0.15) is 0 Å². The Kier molecular flexibility index (Phi) is 7.45. The van der Waals surface area contributed by atoms with Crippen LogP contribution < -0.4 is 0 Å². The van der Waals surface area contributed by atoms with Crippen LogP contribution in [0.3, 0.4) is 0 Å². The van der Waals surface area contributed by atoms with E-state index >= 15 is 0 Å². The van der Waals surface area contributed by atoms with Crippen molar-refractivity contribution in [3.63, 3.8) is 0 Å². The minimum Gasteiger partial charge on any atom is -0.247 e. The highest BCUT2D eigenvalue weighted by Crippen LogP contribution is 2.44. The Bertz CT molecular complexity index is 3020. The van der Waals surface area contributed by atoms with Crippen LogP contribution in [0.2, 0.25) is 0 Å². The molecule has 0 spiro atoms. The van der Waals surface area contributed by atoms with Gasteiger partial charge in [0.1, 0.15) is 0 Å². The van der Waals surface area contributed by atoms with E-state index in [0.29, 0.717) is 23.2 Å². The minimum absolute atomic E-state index is 0.610. The van der Waals surface area contributed by atoms with Gasteiger partial charge in [-0.15, -0.1) is 0 Å². The van der Waals surface area contributed by atoms with Gasteiger partial charge in [-0.3, -0.25) is 0 Å². The SMILES string of the molecule is [C-]#[N+]c1ccc(-c2ccc3c(c2)c2ccccc2c2c4ccccc4nc(-c4ccc(-c5nc(-c6ccccc6)nc(-c6ccccc6)n5)cc4)c32)cc1. The van der Waals surface area contributed by atoms with Crippen LogP contribution in [0, 0.1) is 6.57 Å². The minimum atomic E-state index is 0.610. The summed E-state index contributed by atoms with van der Waals surface area (Å²) in [5, 5.41) is 8.10. The molecule has 0 aliphatic carbocycles. The van der Waals surface area contributed by atoms with Gasteiger partial charge in [0.25, 0.3) is 0 Å². The number of rotatable bonds is 5. The van der Waals surface area contributed by atoms with Crippen LogP contribution in [-0.4, -0.2) is 19.9 Å². The summed E-state index contributed by atoms with van der Waals surface area (Å²) in [6.45, 7) is 7.39. The van der Waals surface area contributed by atoms with Gasteiger partial charge in [-0.2, -0.15) is 0 Å². The number of hydrogen-bond acceptors (Lipinski definition) is 4. The Morgan fingerprint density at radius 2 is 0.815 bits per heavy atom. The molecule has 10 aromatic rings. The molecule has 0 aliphatic heterocycles. The molecule has 0 amide bonds. The lowest BCUT2D eigenvalue weighted by Gasteiger charge is -2.17. The number of aromatic nitrogens is 4. The van der Waals surface area contributed by atoms with Gasteiger partial charge >= 0.3 is 0 Å². The molecule has 0 fully saturated rings. The number of nitrogens with zero attached hydrogens (tertiary/aromatic N) is 5. The smallest absolute Gasteiger partial charge is 0.187 e. The molecule has 0 aliphatic rings. The van der Waals surface area contributed by atoms with E-state index in [1.54, 1.807) is 0 Å². The molecule has 0 radical (unpaired) electrons. The van der Waals surface area contributed by atoms with Gasteiger partial charge in [-0.1, -0.05) is 164 Å². The van der Waals surface area contributed by atoms with Crippen LogP contribution >= 0.6 is 0 Å². The van der Waals surface area contributed by atoms with Gasteiger partial charge in [-0.05, 0) is 44.8 Å². The first kappa shape index (κ1) is 31.2. The lowest BCUT2D eigenvalue weighted by molar-refractivity contribution is 1.07. The maximum Gasteiger partial charge on any atom is 0.187 e. The summed E-state index contributed by atoms with van der Waals surface area (Å²) in [4.78, 5) is 23.7. The largest absolute Gasteiger partial charge is 0.247 e. The number of hydrogen-bond donors (Lipinski definition) is 0.